The molecule has 3 heterocycles. The summed E-state index contributed by atoms with van der Waals surface area (Å²) in [6.07, 6.45) is 0.247. The highest BCUT2D eigenvalue weighted by Gasteiger charge is 2.41. The van der Waals surface area contributed by atoms with E-state index in [9.17, 15) is 19.2 Å². The highest BCUT2D eigenvalue weighted by molar-refractivity contribution is 5.92. The molecule has 0 radical (unpaired) electrons. The van der Waals surface area contributed by atoms with Crippen molar-refractivity contribution in [3.8, 4) is 0 Å². The normalized spacial score (nSPS) is 20.9. The summed E-state index contributed by atoms with van der Waals surface area (Å²) < 4.78 is 0. The van der Waals surface area contributed by atoms with Crippen LogP contribution in [0.4, 0.5) is 0 Å². The number of hydrogen-bond donors (Lipinski definition) is 1. The molecule has 2 fully saturated rings. The summed E-state index contributed by atoms with van der Waals surface area (Å²) in [6.45, 7) is 7.99. The Labute approximate surface area is 157 Å². The third-order valence-corrected chi connectivity index (χ3v) is 5.06. The van der Waals surface area contributed by atoms with Crippen molar-refractivity contribution >= 4 is 17.7 Å². The van der Waals surface area contributed by atoms with Gasteiger partial charge in [0.05, 0.1) is 5.92 Å². The Bertz CT molecular complexity index is 784. The molecule has 0 aromatic carbocycles. The molecule has 27 heavy (non-hydrogen) atoms. The summed E-state index contributed by atoms with van der Waals surface area (Å²) in [5.74, 6) is -0.601. The molecule has 2 aliphatic rings. The summed E-state index contributed by atoms with van der Waals surface area (Å²) in [5, 5.41) is 6.01. The quantitative estimate of drug-likeness (QED) is 0.764. The molecule has 0 aliphatic carbocycles. The Morgan fingerprint density at radius 1 is 1.07 bits per heavy atom. The van der Waals surface area contributed by atoms with Gasteiger partial charge in [0.1, 0.15) is 5.69 Å². The molecule has 1 aromatic rings. The number of aromatic nitrogens is 2. The molecular formula is C18H25N5O4. The van der Waals surface area contributed by atoms with Gasteiger partial charge in [0.15, 0.2) is 0 Å². The van der Waals surface area contributed by atoms with Gasteiger partial charge >= 0.3 is 0 Å². The molecule has 1 atom stereocenters. The van der Waals surface area contributed by atoms with Gasteiger partial charge in [-0.25, -0.2) is 5.10 Å². The van der Waals surface area contributed by atoms with Gasteiger partial charge in [-0.3, -0.25) is 19.2 Å². The zero-order valence-electron chi connectivity index (χ0n) is 15.9. The van der Waals surface area contributed by atoms with Crippen molar-refractivity contribution < 1.29 is 14.4 Å². The number of carbonyl (C=O) groups excluding carboxylic acids is 3. The number of aromatic amines is 1. The molecule has 2 aliphatic heterocycles. The number of carbonyl (C=O) groups is 3. The first kappa shape index (κ1) is 19.1. The molecule has 1 N–H and O–H groups in total. The summed E-state index contributed by atoms with van der Waals surface area (Å²) in [7, 11) is 0. The summed E-state index contributed by atoms with van der Waals surface area (Å²) in [5.41, 5.74) is -0.477. The number of H-pyrrole nitrogens is 1. The third-order valence-electron chi connectivity index (χ3n) is 5.06. The molecule has 0 bridgehead atoms. The lowest BCUT2D eigenvalue weighted by atomic mass is 10.1. The van der Waals surface area contributed by atoms with Gasteiger partial charge in [0.2, 0.25) is 11.8 Å². The molecule has 1 aromatic heterocycles. The largest absolute Gasteiger partial charge is 0.339 e. The number of hydrogen-bond acceptors (Lipinski definition) is 5. The van der Waals surface area contributed by atoms with E-state index in [-0.39, 0.29) is 46.9 Å². The fourth-order valence-electron chi connectivity index (χ4n) is 3.53. The molecule has 2 saturated heterocycles. The van der Waals surface area contributed by atoms with Crippen LogP contribution in [0.3, 0.4) is 0 Å². The van der Waals surface area contributed by atoms with Gasteiger partial charge < -0.3 is 14.7 Å². The van der Waals surface area contributed by atoms with Gasteiger partial charge in [-0.15, -0.1) is 0 Å². The van der Waals surface area contributed by atoms with Gasteiger partial charge in [-0.05, 0) is 26.8 Å². The van der Waals surface area contributed by atoms with Crippen LogP contribution in [0, 0.1) is 5.92 Å². The monoisotopic (exact) mass is 375 g/mol. The van der Waals surface area contributed by atoms with Gasteiger partial charge in [-0.1, -0.05) is 0 Å². The standard InChI is InChI=1S/C18H25N5O4/c1-18(2,3)23-11-12(10-15(23)25)16(26)21-6-8-22(9-7-21)17(27)13-4-5-14(24)20-19-13/h4-5,12H,6-11H2,1-3H3,(H,20,24). The minimum atomic E-state index is -0.364. The van der Waals surface area contributed by atoms with Crippen molar-refractivity contribution in [1.29, 1.82) is 0 Å². The minimum absolute atomic E-state index is 0.0128. The first-order valence-electron chi connectivity index (χ1n) is 9.11. The molecule has 146 valence electrons. The summed E-state index contributed by atoms with van der Waals surface area (Å²) in [6, 6.07) is 2.65. The van der Waals surface area contributed by atoms with E-state index >= 15 is 0 Å². The Morgan fingerprint density at radius 3 is 2.22 bits per heavy atom. The average molecular weight is 375 g/mol. The second kappa shape index (κ2) is 7.13. The first-order chi connectivity index (χ1) is 12.7. The van der Waals surface area contributed by atoms with E-state index in [2.05, 4.69) is 10.2 Å². The van der Waals surface area contributed by atoms with Crippen LogP contribution < -0.4 is 5.56 Å². The second-order valence-corrected chi connectivity index (χ2v) is 8.00. The highest BCUT2D eigenvalue weighted by atomic mass is 16.2. The van der Waals surface area contributed by atoms with E-state index in [1.165, 1.54) is 12.1 Å². The summed E-state index contributed by atoms with van der Waals surface area (Å²) >= 11 is 0. The van der Waals surface area contributed by atoms with E-state index in [0.29, 0.717) is 32.7 Å². The van der Waals surface area contributed by atoms with Crippen molar-refractivity contribution in [3.63, 3.8) is 0 Å². The topological polar surface area (TPSA) is 107 Å². The van der Waals surface area contributed by atoms with E-state index in [4.69, 9.17) is 0 Å². The third kappa shape index (κ3) is 4.01. The molecule has 9 nitrogen and oxygen atoms in total. The Morgan fingerprint density at radius 2 is 1.70 bits per heavy atom. The van der Waals surface area contributed by atoms with Crippen molar-refractivity contribution in [1.82, 2.24) is 24.9 Å². The van der Waals surface area contributed by atoms with Crippen LogP contribution in [0.25, 0.3) is 0 Å². The average Bonchev–Trinajstić information content (AvgIpc) is 3.03. The minimum Gasteiger partial charge on any atom is -0.339 e. The zero-order valence-corrected chi connectivity index (χ0v) is 15.9. The van der Waals surface area contributed by atoms with Gasteiger partial charge in [-0.2, -0.15) is 5.10 Å². The predicted molar refractivity (Wildman–Crippen MR) is 96.9 cm³/mol. The van der Waals surface area contributed by atoms with Crippen LogP contribution in [0.5, 0.6) is 0 Å². The number of rotatable bonds is 2. The van der Waals surface area contributed by atoms with Gasteiger partial charge in [0.25, 0.3) is 11.5 Å². The van der Waals surface area contributed by atoms with Crippen molar-refractivity contribution in [2.75, 3.05) is 32.7 Å². The van der Waals surface area contributed by atoms with E-state index < -0.39 is 0 Å². The molecule has 3 rings (SSSR count). The van der Waals surface area contributed by atoms with E-state index in [1.807, 2.05) is 20.8 Å². The molecule has 0 saturated carbocycles. The molecule has 1 unspecified atom stereocenters. The van der Waals surface area contributed by atoms with Crippen LogP contribution in [0.15, 0.2) is 16.9 Å². The maximum Gasteiger partial charge on any atom is 0.274 e. The number of likely N-dealkylation sites (tertiary alicyclic amines) is 1. The van der Waals surface area contributed by atoms with Crippen LogP contribution >= 0.6 is 0 Å². The van der Waals surface area contributed by atoms with Crippen LogP contribution in [0.2, 0.25) is 0 Å². The van der Waals surface area contributed by atoms with Crippen molar-refractivity contribution in [2.45, 2.75) is 32.7 Å². The Balaban J connectivity index is 1.57. The molecule has 0 spiro atoms. The first-order valence-corrected chi connectivity index (χ1v) is 9.11. The van der Waals surface area contributed by atoms with Crippen LogP contribution in [0.1, 0.15) is 37.7 Å². The molecular weight excluding hydrogens is 350 g/mol. The Kier molecular flexibility index (Phi) is 5.03. The smallest absolute Gasteiger partial charge is 0.274 e. The molecule has 9 heteroatoms. The lowest BCUT2D eigenvalue weighted by molar-refractivity contribution is -0.137. The zero-order chi connectivity index (χ0) is 19.8. The number of piperazine rings is 1. The fraction of sp³-hybridized carbons (Fsp3) is 0.611. The summed E-state index contributed by atoms with van der Waals surface area (Å²) in [4.78, 5) is 53.6. The highest BCUT2D eigenvalue weighted by Crippen LogP contribution is 2.27. The van der Waals surface area contributed by atoms with Gasteiger partial charge in [0, 0.05) is 50.7 Å². The fourth-order valence-corrected chi connectivity index (χ4v) is 3.53. The predicted octanol–water partition coefficient (Wildman–Crippen LogP) is -0.299. The second-order valence-electron chi connectivity index (χ2n) is 8.00. The number of amides is 3. The lowest BCUT2D eigenvalue weighted by Gasteiger charge is -2.36. The van der Waals surface area contributed by atoms with Crippen LogP contribution in [-0.2, 0) is 9.59 Å². The van der Waals surface area contributed by atoms with Crippen molar-refractivity contribution in [2.24, 2.45) is 5.92 Å². The maximum atomic E-state index is 12.8. The lowest BCUT2D eigenvalue weighted by Crippen LogP contribution is -2.52. The maximum absolute atomic E-state index is 12.8. The van der Waals surface area contributed by atoms with E-state index in [0.717, 1.165) is 0 Å². The Hall–Kier alpha value is -2.71. The molecule has 3 amide bonds. The van der Waals surface area contributed by atoms with E-state index in [1.54, 1.807) is 14.7 Å². The van der Waals surface area contributed by atoms with Crippen molar-refractivity contribution in [3.05, 3.63) is 28.2 Å². The number of nitrogens with one attached hydrogen (secondary N) is 1. The number of nitrogens with zero attached hydrogens (tertiary/aromatic N) is 4. The SMILES string of the molecule is CC(C)(C)N1CC(C(=O)N2CCN(C(=O)c3ccc(=O)[nH]n3)CC2)CC1=O. The van der Waals surface area contributed by atoms with Crippen LogP contribution in [-0.4, -0.2) is 80.9 Å².